The maximum absolute atomic E-state index is 12.5. The predicted octanol–water partition coefficient (Wildman–Crippen LogP) is 3.85. The highest BCUT2D eigenvalue weighted by molar-refractivity contribution is 7.85. The van der Waals surface area contributed by atoms with Crippen molar-refractivity contribution in [1.29, 1.82) is 5.26 Å². The quantitative estimate of drug-likeness (QED) is 0.669. The number of carbonyl (C=O) groups is 1. The van der Waals surface area contributed by atoms with Gasteiger partial charge in [0.05, 0.1) is 18.1 Å². The van der Waals surface area contributed by atoms with Crippen LogP contribution in [0.1, 0.15) is 53.0 Å². The van der Waals surface area contributed by atoms with Crippen molar-refractivity contribution in [2.45, 2.75) is 64.4 Å². The van der Waals surface area contributed by atoms with Gasteiger partial charge in [0.15, 0.2) is 0 Å². The van der Waals surface area contributed by atoms with E-state index in [-0.39, 0.29) is 25.3 Å². The molecule has 0 aromatic heterocycles. The first-order valence-electron chi connectivity index (χ1n) is 9.61. The zero-order valence-corrected chi connectivity index (χ0v) is 18.6. The Morgan fingerprint density at radius 1 is 1.24 bits per heavy atom. The third-order valence-corrected chi connectivity index (χ3v) is 6.03. The zero-order chi connectivity index (χ0) is 21.9. The van der Waals surface area contributed by atoms with Crippen LogP contribution in [-0.4, -0.2) is 43.7 Å². The van der Waals surface area contributed by atoms with E-state index >= 15 is 0 Å². The molecule has 0 radical (unpaired) electrons. The second-order valence-electron chi connectivity index (χ2n) is 9.21. The fraction of sp³-hybridized carbons (Fsp3) is 0.619. The van der Waals surface area contributed by atoms with Gasteiger partial charge in [-0.15, -0.1) is 0 Å². The first-order chi connectivity index (χ1) is 13.3. The number of hydrogen-bond donors (Lipinski definition) is 0. The Morgan fingerprint density at radius 3 is 2.38 bits per heavy atom. The number of nitrogens with zero attached hydrogens (tertiary/aromatic N) is 2. The minimum Gasteiger partial charge on any atom is -0.444 e. The number of carbonyl (C=O) groups excluding carboxylic acids is 1. The summed E-state index contributed by atoms with van der Waals surface area (Å²) in [4.78, 5) is 14.1. The van der Waals surface area contributed by atoms with E-state index in [1.165, 1.54) is 0 Å². The molecule has 0 N–H and O–H groups in total. The molecule has 7 nitrogen and oxygen atoms in total. The number of rotatable bonds is 5. The molecule has 1 aromatic carbocycles. The third kappa shape index (κ3) is 6.44. The number of piperidine rings is 1. The highest BCUT2D eigenvalue weighted by Crippen LogP contribution is 2.41. The van der Waals surface area contributed by atoms with Crippen LogP contribution in [0.25, 0.3) is 0 Å². The highest BCUT2D eigenvalue weighted by Gasteiger charge is 2.48. The molecule has 0 spiro atoms. The van der Waals surface area contributed by atoms with Crippen molar-refractivity contribution in [1.82, 2.24) is 4.90 Å². The summed E-state index contributed by atoms with van der Waals surface area (Å²) < 4.78 is 35.5. The first kappa shape index (κ1) is 23.2. The van der Waals surface area contributed by atoms with Crippen molar-refractivity contribution in [2.24, 2.45) is 5.41 Å². The third-order valence-electron chi connectivity index (χ3n) is 4.87. The average Bonchev–Trinajstić information content (AvgIpc) is 2.58. The molecule has 1 aliphatic heterocycles. The molecule has 8 heteroatoms. The van der Waals surface area contributed by atoms with Gasteiger partial charge in [-0.1, -0.05) is 30.3 Å². The van der Waals surface area contributed by atoms with Crippen LogP contribution in [0, 0.1) is 16.7 Å². The monoisotopic (exact) mass is 422 g/mol. The lowest BCUT2D eigenvalue weighted by atomic mass is 9.72. The Labute approximate surface area is 173 Å². The van der Waals surface area contributed by atoms with Gasteiger partial charge >= 0.3 is 6.09 Å². The normalized spacial score (nSPS) is 22.0. The van der Waals surface area contributed by atoms with E-state index in [4.69, 9.17) is 8.92 Å². The van der Waals surface area contributed by atoms with E-state index in [0.717, 1.165) is 0 Å². The van der Waals surface area contributed by atoms with Crippen molar-refractivity contribution in [3.63, 3.8) is 0 Å². The summed E-state index contributed by atoms with van der Waals surface area (Å²) >= 11 is 0. The van der Waals surface area contributed by atoms with Crippen LogP contribution in [0.4, 0.5) is 4.79 Å². The zero-order valence-electron chi connectivity index (χ0n) is 17.8. The van der Waals surface area contributed by atoms with Crippen molar-refractivity contribution in [2.75, 3.05) is 13.2 Å². The maximum atomic E-state index is 12.5. The van der Waals surface area contributed by atoms with Crippen molar-refractivity contribution in [3.8, 4) is 6.07 Å². The maximum Gasteiger partial charge on any atom is 0.410 e. The van der Waals surface area contributed by atoms with Crippen LogP contribution in [0.2, 0.25) is 0 Å². The Bertz CT molecular complexity index is 869. The molecule has 0 bridgehead atoms. The number of ether oxygens (including phenoxy) is 1. The van der Waals surface area contributed by atoms with Crippen LogP contribution in [0.15, 0.2) is 30.3 Å². The Hall–Kier alpha value is -2.11. The highest BCUT2D eigenvalue weighted by atomic mass is 32.2. The van der Waals surface area contributed by atoms with Gasteiger partial charge < -0.3 is 9.64 Å². The van der Waals surface area contributed by atoms with E-state index in [2.05, 4.69) is 6.07 Å². The summed E-state index contributed by atoms with van der Waals surface area (Å²) in [7, 11) is -3.83. The standard InChI is InChI=1S/C21H30N2O5S/c1-19(2,3)28-18(24)23-12-11-21(15-22,14-20(23,4)5)16-27-29(25,26)13-17-9-7-6-8-10-17/h6-10H,11-14,16H2,1-5H3. The van der Waals surface area contributed by atoms with E-state index in [1.807, 2.05) is 19.9 Å². The lowest BCUT2D eigenvalue weighted by Gasteiger charge is -2.48. The van der Waals surface area contributed by atoms with Crippen molar-refractivity contribution < 1.29 is 22.1 Å². The Morgan fingerprint density at radius 2 is 1.86 bits per heavy atom. The van der Waals surface area contributed by atoms with Crippen LogP contribution in [-0.2, 0) is 24.8 Å². The van der Waals surface area contributed by atoms with E-state index in [9.17, 15) is 18.5 Å². The molecular formula is C21H30N2O5S. The molecule has 0 saturated carbocycles. The number of benzene rings is 1. The SMILES string of the molecule is CC(C)(C)OC(=O)N1CCC(C#N)(COS(=O)(=O)Cc2ccccc2)CC1(C)C. The summed E-state index contributed by atoms with van der Waals surface area (Å²) in [6, 6.07) is 11.0. The molecule has 1 aromatic rings. The van der Waals surface area contributed by atoms with Gasteiger partial charge in [-0.25, -0.2) is 4.79 Å². The lowest BCUT2D eigenvalue weighted by Crippen LogP contribution is -2.57. The number of amides is 1. The molecule has 1 unspecified atom stereocenters. The van der Waals surface area contributed by atoms with E-state index in [1.54, 1.807) is 49.9 Å². The van der Waals surface area contributed by atoms with Gasteiger partial charge in [0.1, 0.15) is 11.4 Å². The first-order valence-corrected chi connectivity index (χ1v) is 11.2. The minimum absolute atomic E-state index is 0.232. The molecule has 2 rings (SSSR count). The van der Waals surface area contributed by atoms with Crippen molar-refractivity contribution >= 4 is 16.2 Å². The van der Waals surface area contributed by atoms with Gasteiger partial charge in [0.2, 0.25) is 0 Å². The number of nitriles is 1. The Balaban J connectivity index is 2.07. The summed E-state index contributed by atoms with van der Waals surface area (Å²) in [6.45, 7) is 9.15. The molecule has 1 fully saturated rings. The summed E-state index contributed by atoms with van der Waals surface area (Å²) in [5, 5.41) is 9.81. The van der Waals surface area contributed by atoms with Crippen LogP contribution < -0.4 is 0 Å². The van der Waals surface area contributed by atoms with Crippen LogP contribution in [0.3, 0.4) is 0 Å². The van der Waals surface area contributed by atoms with Gasteiger partial charge in [-0.3, -0.25) is 4.18 Å². The van der Waals surface area contributed by atoms with Gasteiger partial charge in [0, 0.05) is 12.1 Å². The summed E-state index contributed by atoms with van der Waals surface area (Å²) in [6.07, 6.45) is 0.163. The van der Waals surface area contributed by atoms with Gasteiger partial charge in [-0.05, 0) is 53.0 Å². The van der Waals surface area contributed by atoms with Crippen LogP contribution >= 0.6 is 0 Å². The van der Waals surface area contributed by atoms with Gasteiger partial charge in [0.25, 0.3) is 10.1 Å². The molecule has 1 saturated heterocycles. The van der Waals surface area contributed by atoms with Gasteiger partial charge in [-0.2, -0.15) is 13.7 Å². The average molecular weight is 423 g/mol. The summed E-state index contributed by atoms with van der Waals surface area (Å²) in [5.74, 6) is -0.247. The predicted molar refractivity (Wildman–Crippen MR) is 109 cm³/mol. The number of likely N-dealkylation sites (tertiary alicyclic amines) is 1. The second kappa shape index (κ2) is 8.33. The molecule has 1 atom stereocenters. The number of hydrogen-bond acceptors (Lipinski definition) is 6. The smallest absolute Gasteiger partial charge is 0.410 e. The largest absolute Gasteiger partial charge is 0.444 e. The van der Waals surface area contributed by atoms with Crippen molar-refractivity contribution in [3.05, 3.63) is 35.9 Å². The fourth-order valence-corrected chi connectivity index (χ4v) is 4.66. The Kier molecular flexibility index (Phi) is 6.65. The van der Waals surface area contributed by atoms with E-state index in [0.29, 0.717) is 12.0 Å². The molecule has 1 amide bonds. The fourth-order valence-electron chi connectivity index (χ4n) is 3.57. The van der Waals surface area contributed by atoms with Crippen LogP contribution in [0.5, 0.6) is 0 Å². The minimum atomic E-state index is -3.83. The molecule has 160 valence electrons. The molecular weight excluding hydrogens is 392 g/mol. The summed E-state index contributed by atoms with van der Waals surface area (Å²) in [5.41, 5.74) is -1.67. The molecule has 29 heavy (non-hydrogen) atoms. The topological polar surface area (TPSA) is 96.7 Å². The second-order valence-corrected chi connectivity index (χ2v) is 10.9. The molecule has 0 aliphatic carbocycles. The molecule has 1 aliphatic rings. The van der Waals surface area contributed by atoms with E-state index < -0.39 is 32.8 Å². The molecule has 1 heterocycles. The lowest BCUT2D eigenvalue weighted by molar-refractivity contribution is -0.0301.